The second-order valence-corrected chi connectivity index (χ2v) is 6.16. The van der Waals surface area contributed by atoms with Crippen LogP contribution in [0.15, 0.2) is 33.9 Å². The van der Waals surface area contributed by atoms with Gasteiger partial charge in [0.05, 0.1) is 24.1 Å². The van der Waals surface area contributed by atoms with Crippen molar-refractivity contribution < 1.29 is 9.53 Å². The molecule has 0 radical (unpaired) electrons. The van der Waals surface area contributed by atoms with E-state index in [-0.39, 0.29) is 18.5 Å². The van der Waals surface area contributed by atoms with Crippen molar-refractivity contribution in [2.75, 3.05) is 32.8 Å². The molecule has 1 aliphatic rings. The van der Waals surface area contributed by atoms with E-state index >= 15 is 0 Å². The van der Waals surface area contributed by atoms with E-state index in [1.165, 1.54) is 4.57 Å². The molecule has 134 valence electrons. The van der Waals surface area contributed by atoms with Gasteiger partial charge in [0.2, 0.25) is 5.91 Å². The van der Waals surface area contributed by atoms with E-state index in [0.29, 0.717) is 30.7 Å². The number of para-hydroxylation sites is 1. The lowest BCUT2D eigenvalue weighted by Gasteiger charge is -2.32. The summed E-state index contributed by atoms with van der Waals surface area (Å²) < 4.78 is 6.61. The van der Waals surface area contributed by atoms with Crippen LogP contribution in [0.2, 0.25) is 0 Å². The fraction of sp³-hybridized carbons (Fsp3) is 0.471. The molecule has 3 rings (SSSR count). The normalized spacial score (nSPS) is 16.7. The maximum absolute atomic E-state index is 12.3. The highest BCUT2D eigenvalue weighted by atomic mass is 16.5. The Morgan fingerprint density at radius 3 is 2.76 bits per heavy atom. The molecule has 1 saturated heterocycles. The molecule has 1 aliphatic heterocycles. The topological polar surface area (TPSA) is 96.4 Å². The zero-order valence-electron chi connectivity index (χ0n) is 14.2. The molecule has 1 fully saturated rings. The molecule has 0 bridgehead atoms. The summed E-state index contributed by atoms with van der Waals surface area (Å²) in [5.74, 6) is -0.264. The summed E-state index contributed by atoms with van der Waals surface area (Å²) >= 11 is 0. The van der Waals surface area contributed by atoms with Crippen LogP contribution >= 0.6 is 0 Å². The van der Waals surface area contributed by atoms with Crippen LogP contribution in [-0.4, -0.2) is 59.2 Å². The summed E-state index contributed by atoms with van der Waals surface area (Å²) in [4.78, 5) is 40.7. The van der Waals surface area contributed by atoms with Gasteiger partial charge < -0.3 is 10.1 Å². The summed E-state index contributed by atoms with van der Waals surface area (Å²) in [6, 6.07) is 6.93. The van der Waals surface area contributed by atoms with Gasteiger partial charge in [-0.3, -0.25) is 24.0 Å². The number of amides is 1. The minimum Gasteiger partial charge on any atom is -0.379 e. The SMILES string of the molecule is CC(CNC(=O)Cn1c(=O)[nH]c(=O)c2ccccc21)N1CCOCC1. The van der Waals surface area contributed by atoms with Crippen LogP contribution in [0.25, 0.3) is 10.9 Å². The Labute approximate surface area is 144 Å². The van der Waals surface area contributed by atoms with E-state index in [1.807, 2.05) is 6.92 Å². The highest BCUT2D eigenvalue weighted by molar-refractivity contribution is 5.81. The lowest BCUT2D eigenvalue weighted by Crippen LogP contribution is -2.48. The molecule has 1 aromatic heterocycles. The molecule has 1 aromatic carbocycles. The molecule has 1 unspecified atom stereocenters. The van der Waals surface area contributed by atoms with Crippen LogP contribution < -0.4 is 16.6 Å². The molecule has 25 heavy (non-hydrogen) atoms. The first-order valence-corrected chi connectivity index (χ1v) is 8.36. The van der Waals surface area contributed by atoms with E-state index < -0.39 is 11.2 Å². The molecule has 0 saturated carbocycles. The number of carbonyl (C=O) groups excluding carboxylic acids is 1. The average molecular weight is 346 g/mol. The molecule has 2 heterocycles. The lowest BCUT2D eigenvalue weighted by molar-refractivity contribution is -0.122. The van der Waals surface area contributed by atoms with Crippen LogP contribution in [-0.2, 0) is 16.1 Å². The first kappa shape index (κ1) is 17.4. The minimum atomic E-state index is -0.583. The van der Waals surface area contributed by atoms with E-state index in [0.717, 1.165) is 13.1 Å². The van der Waals surface area contributed by atoms with Crippen molar-refractivity contribution in [1.82, 2.24) is 19.8 Å². The van der Waals surface area contributed by atoms with E-state index in [9.17, 15) is 14.4 Å². The number of morpholine rings is 1. The minimum absolute atomic E-state index is 0.133. The van der Waals surface area contributed by atoms with Gasteiger partial charge in [0.1, 0.15) is 6.54 Å². The fourth-order valence-electron chi connectivity index (χ4n) is 3.01. The summed E-state index contributed by atoms with van der Waals surface area (Å²) in [6.45, 7) is 5.52. The number of hydrogen-bond donors (Lipinski definition) is 2. The average Bonchev–Trinajstić information content (AvgIpc) is 2.64. The summed E-state index contributed by atoms with van der Waals surface area (Å²) in [7, 11) is 0. The molecule has 0 aliphatic carbocycles. The number of ether oxygens (including phenoxy) is 1. The number of H-pyrrole nitrogens is 1. The molecule has 8 heteroatoms. The largest absolute Gasteiger partial charge is 0.379 e. The Bertz CT molecular complexity index is 867. The molecule has 1 amide bonds. The van der Waals surface area contributed by atoms with E-state index in [4.69, 9.17) is 4.74 Å². The highest BCUT2D eigenvalue weighted by Gasteiger charge is 2.18. The standard InChI is InChI=1S/C17H22N4O4/c1-12(20-6-8-25-9-7-20)10-18-15(22)11-21-14-5-3-2-4-13(14)16(23)19-17(21)24/h2-5,12H,6-11H2,1H3,(H,18,22)(H,19,23,24). The summed E-state index contributed by atoms with van der Waals surface area (Å²) in [5.41, 5.74) is -0.578. The number of aromatic amines is 1. The Hall–Kier alpha value is -2.45. The second kappa shape index (κ2) is 7.62. The van der Waals surface area contributed by atoms with Crippen molar-refractivity contribution in [1.29, 1.82) is 0 Å². The quantitative estimate of drug-likeness (QED) is 0.763. The number of nitrogens with one attached hydrogen (secondary N) is 2. The first-order chi connectivity index (χ1) is 12.1. The maximum Gasteiger partial charge on any atom is 0.329 e. The van der Waals surface area contributed by atoms with Crippen LogP contribution in [0.1, 0.15) is 6.92 Å². The van der Waals surface area contributed by atoms with Gasteiger partial charge in [-0.05, 0) is 19.1 Å². The van der Waals surface area contributed by atoms with Gasteiger partial charge in [-0.15, -0.1) is 0 Å². The molecule has 1 atom stereocenters. The number of nitrogens with zero attached hydrogens (tertiary/aromatic N) is 2. The van der Waals surface area contributed by atoms with Crippen LogP contribution in [0, 0.1) is 0 Å². The predicted octanol–water partition coefficient (Wildman–Crippen LogP) is -0.473. The van der Waals surface area contributed by atoms with Gasteiger partial charge in [-0.2, -0.15) is 0 Å². The van der Waals surface area contributed by atoms with E-state index in [1.54, 1.807) is 24.3 Å². The second-order valence-electron chi connectivity index (χ2n) is 6.16. The van der Waals surface area contributed by atoms with Gasteiger partial charge in [0.25, 0.3) is 5.56 Å². The zero-order chi connectivity index (χ0) is 17.8. The predicted molar refractivity (Wildman–Crippen MR) is 93.7 cm³/mol. The van der Waals surface area contributed by atoms with Gasteiger partial charge in [-0.1, -0.05) is 12.1 Å². The molecule has 2 N–H and O–H groups in total. The van der Waals surface area contributed by atoms with Crippen LogP contribution in [0.5, 0.6) is 0 Å². The Morgan fingerprint density at radius 2 is 2.00 bits per heavy atom. The van der Waals surface area contributed by atoms with Crippen molar-refractivity contribution in [3.63, 3.8) is 0 Å². The Morgan fingerprint density at radius 1 is 1.28 bits per heavy atom. The molecule has 0 spiro atoms. The smallest absolute Gasteiger partial charge is 0.329 e. The third-order valence-corrected chi connectivity index (χ3v) is 4.47. The van der Waals surface area contributed by atoms with Crippen molar-refractivity contribution in [2.24, 2.45) is 0 Å². The van der Waals surface area contributed by atoms with E-state index in [2.05, 4.69) is 15.2 Å². The monoisotopic (exact) mass is 346 g/mol. The third kappa shape index (κ3) is 3.97. The molecular weight excluding hydrogens is 324 g/mol. The van der Waals surface area contributed by atoms with Gasteiger partial charge in [0.15, 0.2) is 0 Å². The molecule has 8 nitrogen and oxygen atoms in total. The van der Waals surface area contributed by atoms with Gasteiger partial charge >= 0.3 is 5.69 Å². The summed E-state index contributed by atoms with van der Waals surface area (Å²) in [5, 5.41) is 3.25. The van der Waals surface area contributed by atoms with Crippen molar-refractivity contribution >= 4 is 16.8 Å². The number of hydrogen-bond acceptors (Lipinski definition) is 5. The molecular formula is C17H22N4O4. The Kier molecular flexibility index (Phi) is 5.30. The van der Waals surface area contributed by atoms with Gasteiger partial charge in [0, 0.05) is 25.7 Å². The zero-order valence-corrected chi connectivity index (χ0v) is 14.2. The lowest BCUT2D eigenvalue weighted by atomic mass is 10.2. The number of benzene rings is 1. The van der Waals surface area contributed by atoms with Crippen molar-refractivity contribution in [2.45, 2.75) is 19.5 Å². The third-order valence-electron chi connectivity index (χ3n) is 4.47. The van der Waals surface area contributed by atoms with Crippen LogP contribution in [0.3, 0.4) is 0 Å². The number of fused-ring (bicyclic) bond motifs is 1. The number of rotatable bonds is 5. The molecule has 2 aromatic rings. The fourth-order valence-corrected chi connectivity index (χ4v) is 3.01. The maximum atomic E-state index is 12.3. The summed E-state index contributed by atoms with van der Waals surface area (Å²) in [6.07, 6.45) is 0. The van der Waals surface area contributed by atoms with Crippen molar-refractivity contribution in [3.05, 3.63) is 45.1 Å². The Balaban J connectivity index is 1.68. The first-order valence-electron chi connectivity index (χ1n) is 8.36. The number of carbonyl (C=O) groups is 1. The number of aromatic nitrogens is 2. The highest BCUT2D eigenvalue weighted by Crippen LogP contribution is 2.06. The van der Waals surface area contributed by atoms with Crippen LogP contribution in [0.4, 0.5) is 0 Å². The van der Waals surface area contributed by atoms with Gasteiger partial charge in [-0.25, -0.2) is 4.79 Å². The van der Waals surface area contributed by atoms with Crippen molar-refractivity contribution in [3.8, 4) is 0 Å².